The lowest BCUT2D eigenvalue weighted by Crippen LogP contribution is -2.14. The van der Waals surface area contributed by atoms with Crippen molar-refractivity contribution < 1.29 is 0 Å². The maximum atomic E-state index is 6.12. The summed E-state index contributed by atoms with van der Waals surface area (Å²) in [6.45, 7) is 3.89. The molecule has 1 aromatic heterocycles. The largest absolute Gasteiger partial charge is 0.313 e. The van der Waals surface area contributed by atoms with Crippen molar-refractivity contribution in [2.24, 2.45) is 0 Å². The average molecular weight is 276 g/mol. The Bertz CT molecular complexity index is 573. The summed E-state index contributed by atoms with van der Waals surface area (Å²) < 4.78 is 1.95. The van der Waals surface area contributed by atoms with Crippen molar-refractivity contribution in [1.29, 1.82) is 0 Å². The van der Waals surface area contributed by atoms with Gasteiger partial charge in [0.05, 0.1) is 11.4 Å². The summed E-state index contributed by atoms with van der Waals surface area (Å²) in [4.78, 5) is 0. The van der Waals surface area contributed by atoms with Gasteiger partial charge >= 0.3 is 0 Å². The van der Waals surface area contributed by atoms with Gasteiger partial charge in [-0.3, -0.25) is 0 Å². The van der Waals surface area contributed by atoms with Crippen LogP contribution in [0.2, 0.25) is 5.02 Å². The molecule has 1 N–H and O–H groups in total. The summed E-state index contributed by atoms with van der Waals surface area (Å²) in [6, 6.07) is 8.11. The molecule has 19 heavy (non-hydrogen) atoms. The summed E-state index contributed by atoms with van der Waals surface area (Å²) in [7, 11) is 0. The molecule has 0 radical (unpaired) electrons. The van der Waals surface area contributed by atoms with Gasteiger partial charge in [-0.05, 0) is 43.1 Å². The molecule has 1 heterocycles. The molecule has 1 aliphatic carbocycles. The van der Waals surface area contributed by atoms with Crippen LogP contribution >= 0.6 is 11.6 Å². The van der Waals surface area contributed by atoms with Crippen LogP contribution < -0.4 is 5.32 Å². The minimum atomic E-state index is 0.678. The molecule has 100 valence electrons. The molecule has 3 nitrogen and oxygen atoms in total. The molecule has 0 unspecified atom stereocenters. The second kappa shape index (κ2) is 5.35. The maximum absolute atomic E-state index is 6.12. The first-order valence-corrected chi connectivity index (χ1v) is 7.21. The smallest absolute Gasteiger partial charge is 0.0705 e. The molecule has 1 saturated carbocycles. The van der Waals surface area contributed by atoms with Crippen LogP contribution in [-0.4, -0.2) is 16.3 Å². The van der Waals surface area contributed by atoms with Crippen molar-refractivity contribution in [2.45, 2.75) is 32.2 Å². The van der Waals surface area contributed by atoms with Crippen LogP contribution in [0.5, 0.6) is 0 Å². The SMILES string of the molecule is CCNCc1ccc(Cl)cc1-n1ccc(C2CC2)n1. The normalized spacial score (nSPS) is 14.8. The predicted molar refractivity (Wildman–Crippen MR) is 77.9 cm³/mol. The molecule has 0 spiro atoms. The maximum Gasteiger partial charge on any atom is 0.0705 e. The third-order valence-electron chi connectivity index (χ3n) is 3.46. The molecule has 1 aromatic carbocycles. The van der Waals surface area contributed by atoms with Gasteiger partial charge in [-0.25, -0.2) is 4.68 Å². The Morgan fingerprint density at radius 2 is 2.21 bits per heavy atom. The van der Waals surface area contributed by atoms with Crippen LogP contribution in [0.4, 0.5) is 0 Å². The molecule has 0 saturated heterocycles. The number of halogens is 1. The summed E-state index contributed by atoms with van der Waals surface area (Å²) >= 11 is 6.12. The van der Waals surface area contributed by atoms with Crippen LogP contribution in [-0.2, 0) is 6.54 Å². The Balaban J connectivity index is 1.93. The van der Waals surface area contributed by atoms with E-state index in [0.717, 1.165) is 23.8 Å². The van der Waals surface area contributed by atoms with Crippen molar-refractivity contribution in [2.75, 3.05) is 6.54 Å². The van der Waals surface area contributed by atoms with Gasteiger partial charge in [0.15, 0.2) is 0 Å². The van der Waals surface area contributed by atoms with E-state index < -0.39 is 0 Å². The lowest BCUT2D eigenvalue weighted by Gasteiger charge is -2.10. The Morgan fingerprint density at radius 3 is 2.95 bits per heavy atom. The highest BCUT2D eigenvalue weighted by atomic mass is 35.5. The van der Waals surface area contributed by atoms with E-state index >= 15 is 0 Å². The second-order valence-corrected chi connectivity index (χ2v) is 5.45. The van der Waals surface area contributed by atoms with E-state index in [1.807, 2.05) is 23.0 Å². The minimum Gasteiger partial charge on any atom is -0.313 e. The third kappa shape index (κ3) is 2.82. The fourth-order valence-corrected chi connectivity index (χ4v) is 2.39. The lowest BCUT2D eigenvalue weighted by atomic mass is 10.2. The van der Waals surface area contributed by atoms with Crippen molar-refractivity contribution in [3.63, 3.8) is 0 Å². The Kier molecular flexibility index (Phi) is 3.58. The Morgan fingerprint density at radius 1 is 1.37 bits per heavy atom. The van der Waals surface area contributed by atoms with E-state index in [1.54, 1.807) is 0 Å². The van der Waals surface area contributed by atoms with Gasteiger partial charge in [0.2, 0.25) is 0 Å². The second-order valence-electron chi connectivity index (χ2n) is 5.01. The van der Waals surface area contributed by atoms with Crippen LogP contribution in [0.15, 0.2) is 30.5 Å². The summed E-state index contributed by atoms with van der Waals surface area (Å²) in [5.41, 5.74) is 3.49. The Hall–Kier alpha value is -1.32. The molecule has 1 fully saturated rings. The zero-order chi connectivity index (χ0) is 13.2. The zero-order valence-corrected chi connectivity index (χ0v) is 11.8. The Labute approximate surface area is 118 Å². The van der Waals surface area contributed by atoms with Crippen molar-refractivity contribution in [3.8, 4) is 5.69 Å². The first-order chi connectivity index (χ1) is 9.28. The first-order valence-electron chi connectivity index (χ1n) is 6.83. The molecule has 2 aromatic rings. The molecular formula is C15H18ClN3. The highest BCUT2D eigenvalue weighted by Gasteiger charge is 2.26. The van der Waals surface area contributed by atoms with Crippen molar-refractivity contribution in [1.82, 2.24) is 15.1 Å². The highest BCUT2D eigenvalue weighted by molar-refractivity contribution is 6.30. The van der Waals surface area contributed by atoms with E-state index in [1.165, 1.54) is 24.1 Å². The van der Waals surface area contributed by atoms with Gasteiger partial charge in [0, 0.05) is 23.7 Å². The monoisotopic (exact) mass is 275 g/mol. The molecule has 1 aliphatic rings. The molecule has 4 heteroatoms. The minimum absolute atomic E-state index is 0.678. The van der Waals surface area contributed by atoms with Crippen LogP contribution in [0.3, 0.4) is 0 Å². The van der Waals surface area contributed by atoms with E-state index in [0.29, 0.717) is 5.92 Å². The quantitative estimate of drug-likeness (QED) is 0.905. The van der Waals surface area contributed by atoms with E-state index in [-0.39, 0.29) is 0 Å². The standard InChI is InChI=1S/C15H18ClN3/c1-2-17-10-12-5-6-13(16)9-15(12)19-8-7-14(18-19)11-3-4-11/h5-9,11,17H,2-4,10H2,1H3. The topological polar surface area (TPSA) is 29.9 Å². The van der Waals surface area contributed by atoms with Crippen LogP contribution in [0.25, 0.3) is 5.69 Å². The molecule has 0 aliphatic heterocycles. The number of benzene rings is 1. The first kappa shape index (κ1) is 12.7. The number of nitrogens with zero attached hydrogens (tertiary/aromatic N) is 2. The number of rotatable bonds is 5. The average Bonchev–Trinajstić information content (AvgIpc) is 3.15. The molecular weight excluding hydrogens is 258 g/mol. The van der Waals surface area contributed by atoms with Gasteiger partial charge < -0.3 is 5.32 Å². The van der Waals surface area contributed by atoms with Crippen molar-refractivity contribution >= 4 is 11.6 Å². The van der Waals surface area contributed by atoms with Crippen LogP contribution in [0.1, 0.15) is 36.9 Å². The number of nitrogens with one attached hydrogen (secondary N) is 1. The van der Waals surface area contributed by atoms with E-state index in [9.17, 15) is 0 Å². The van der Waals surface area contributed by atoms with E-state index in [2.05, 4.69) is 29.5 Å². The lowest BCUT2D eigenvalue weighted by molar-refractivity contribution is 0.715. The number of aromatic nitrogens is 2. The fraction of sp³-hybridized carbons (Fsp3) is 0.400. The van der Waals surface area contributed by atoms with Crippen molar-refractivity contribution in [3.05, 3.63) is 46.7 Å². The van der Waals surface area contributed by atoms with Gasteiger partial charge in [0.1, 0.15) is 0 Å². The summed E-state index contributed by atoms with van der Waals surface area (Å²) in [5.74, 6) is 0.678. The van der Waals surface area contributed by atoms with Gasteiger partial charge in [-0.15, -0.1) is 0 Å². The molecule has 0 atom stereocenters. The van der Waals surface area contributed by atoms with Gasteiger partial charge in [0.25, 0.3) is 0 Å². The summed E-state index contributed by atoms with van der Waals surface area (Å²) in [5, 5.41) is 8.78. The number of hydrogen-bond donors (Lipinski definition) is 1. The molecule has 3 rings (SSSR count). The highest BCUT2D eigenvalue weighted by Crippen LogP contribution is 2.39. The van der Waals surface area contributed by atoms with Crippen LogP contribution in [0, 0.1) is 0 Å². The molecule has 0 bridgehead atoms. The van der Waals surface area contributed by atoms with Gasteiger partial charge in [-0.2, -0.15) is 5.10 Å². The summed E-state index contributed by atoms with van der Waals surface area (Å²) in [6.07, 6.45) is 4.59. The fourth-order valence-electron chi connectivity index (χ4n) is 2.23. The molecule has 0 amide bonds. The third-order valence-corrected chi connectivity index (χ3v) is 3.70. The number of hydrogen-bond acceptors (Lipinski definition) is 2. The predicted octanol–water partition coefficient (Wildman–Crippen LogP) is 3.51. The van der Waals surface area contributed by atoms with E-state index in [4.69, 9.17) is 11.6 Å². The zero-order valence-electron chi connectivity index (χ0n) is 11.1. The van der Waals surface area contributed by atoms with Gasteiger partial charge in [-0.1, -0.05) is 24.6 Å².